The molecule has 0 saturated carbocycles. The fourth-order valence-electron chi connectivity index (χ4n) is 0.894. The minimum Gasteiger partial charge on any atom is -0.207 e. The molecule has 6 heteroatoms. The highest BCUT2D eigenvalue weighted by Crippen LogP contribution is 2.33. The molecule has 0 spiro atoms. The smallest absolute Gasteiger partial charge is 0.207 e. The van der Waals surface area contributed by atoms with Crippen LogP contribution >= 0.6 is 23.2 Å². The van der Waals surface area contributed by atoms with E-state index < -0.39 is 17.6 Å². The Kier molecular flexibility index (Phi) is 3.27. The van der Waals surface area contributed by atoms with Crippen molar-refractivity contribution >= 4 is 23.2 Å². The second kappa shape index (κ2) is 3.95. The van der Waals surface area contributed by atoms with Crippen molar-refractivity contribution in [2.24, 2.45) is 0 Å². The normalized spacial score (nSPS) is 11.9. The third-order valence-electron chi connectivity index (χ3n) is 1.60. The minimum absolute atomic E-state index is 0.124. The molecule has 0 aliphatic heterocycles. The molecule has 14 heavy (non-hydrogen) atoms. The van der Waals surface area contributed by atoms with E-state index in [0.29, 0.717) is 12.1 Å². The van der Waals surface area contributed by atoms with E-state index in [1.54, 1.807) is 0 Å². The zero-order chi connectivity index (χ0) is 10.9. The summed E-state index contributed by atoms with van der Waals surface area (Å²) in [7, 11) is 0. The number of hydrogen-bond acceptors (Lipinski definition) is 0. The minimum atomic E-state index is -4.60. The molecule has 0 N–H and O–H groups in total. The van der Waals surface area contributed by atoms with Crippen molar-refractivity contribution in [1.29, 1.82) is 0 Å². The third-order valence-corrected chi connectivity index (χ3v) is 2.21. The summed E-state index contributed by atoms with van der Waals surface area (Å²) in [6.07, 6.45) is -4.60. The van der Waals surface area contributed by atoms with Gasteiger partial charge in [0.05, 0.1) is 11.4 Å². The molecule has 0 heterocycles. The lowest BCUT2D eigenvalue weighted by Gasteiger charge is -2.09. The standard InChI is InChI=1S/C8H4Cl2F4/c9-3-5-6(10)1-4(2-7(5)11)8(12,13)14/h1-2H,3H2. The van der Waals surface area contributed by atoms with Crippen molar-refractivity contribution < 1.29 is 17.6 Å². The van der Waals surface area contributed by atoms with Gasteiger partial charge in [-0.1, -0.05) is 11.6 Å². The summed E-state index contributed by atoms with van der Waals surface area (Å²) in [4.78, 5) is 0. The summed E-state index contributed by atoms with van der Waals surface area (Å²) in [5.41, 5.74) is -1.24. The van der Waals surface area contributed by atoms with Crippen molar-refractivity contribution in [3.63, 3.8) is 0 Å². The average molecular weight is 247 g/mol. The van der Waals surface area contributed by atoms with Gasteiger partial charge >= 0.3 is 6.18 Å². The first-order chi connectivity index (χ1) is 6.36. The van der Waals surface area contributed by atoms with E-state index in [9.17, 15) is 17.6 Å². The lowest BCUT2D eigenvalue weighted by atomic mass is 10.1. The highest BCUT2D eigenvalue weighted by molar-refractivity contribution is 6.32. The third kappa shape index (κ3) is 2.30. The molecule has 0 bridgehead atoms. The number of alkyl halides is 4. The van der Waals surface area contributed by atoms with Gasteiger partial charge in [-0.3, -0.25) is 0 Å². The Hall–Kier alpha value is -0.480. The number of halogens is 6. The van der Waals surface area contributed by atoms with Gasteiger partial charge in [-0.2, -0.15) is 13.2 Å². The molecular formula is C8H4Cl2F4. The van der Waals surface area contributed by atoms with E-state index in [1.807, 2.05) is 0 Å². The quantitative estimate of drug-likeness (QED) is 0.514. The molecule has 0 aromatic heterocycles. The summed E-state index contributed by atoms with van der Waals surface area (Å²) >= 11 is 10.7. The number of rotatable bonds is 1. The summed E-state index contributed by atoms with van der Waals surface area (Å²) in [5.74, 6) is -1.30. The van der Waals surface area contributed by atoms with Crippen molar-refractivity contribution in [3.8, 4) is 0 Å². The van der Waals surface area contributed by atoms with Crippen LogP contribution in [0.5, 0.6) is 0 Å². The molecule has 78 valence electrons. The Bertz CT molecular complexity index is 323. The molecule has 0 amide bonds. The van der Waals surface area contributed by atoms with E-state index in [2.05, 4.69) is 0 Å². The first-order valence-corrected chi connectivity index (χ1v) is 4.38. The van der Waals surface area contributed by atoms with E-state index in [-0.39, 0.29) is 16.5 Å². The fourth-order valence-corrected chi connectivity index (χ4v) is 1.51. The molecule has 0 aliphatic carbocycles. The highest BCUT2D eigenvalue weighted by atomic mass is 35.5. The molecule has 0 aliphatic rings. The summed E-state index contributed by atoms with van der Waals surface area (Å²) in [6.45, 7) is 0. The molecular weight excluding hydrogens is 243 g/mol. The van der Waals surface area contributed by atoms with Crippen LogP contribution in [0.3, 0.4) is 0 Å². The largest absolute Gasteiger partial charge is 0.416 e. The van der Waals surface area contributed by atoms with Crippen LogP contribution in [-0.4, -0.2) is 0 Å². The number of benzene rings is 1. The lowest BCUT2D eigenvalue weighted by molar-refractivity contribution is -0.137. The molecule has 1 aromatic rings. The maximum absolute atomic E-state index is 13.0. The summed E-state index contributed by atoms with van der Waals surface area (Å²) in [5, 5.41) is -0.313. The predicted molar refractivity (Wildman–Crippen MR) is 46.0 cm³/mol. The number of hydrogen-bond donors (Lipinski definition) is 0. The predicted octanol–water partition coefficient (Wildman–Crippen LogP) is 4.24. The lowest BCUT2D eigenvalue weighted by Crippen LogP contribution is -2.06. The van der Waals surface area contributed by atoms with Gasteiger partial charge in [-0.15, -0.1) is 11.6 Å². The Morgan fingerprint density at radius 2 is 1.79 bits per heavy atom. The maximum atomic E-state index is 13.0. The van der Waals surface area contributed by atoms with Crippen molar-refractivity contribution in [1.82, 2.24) is 0 Å². The van der Waals surface area contributed by atoms with Crippen molar-refractivity contribution in [2.75, 3.05) is 0 Å². The van der Waals surface area contributed by atoms with Crippen LogP contribution in [0, 0.1) is 5.82 Å². The topological polar surface area (TPSA) is 0 Å². The zero-order valence-electron chi connectivity index (χ0n) is 6.63. The molecule has 1 aromatic carbocycles. The van der Waals surface area contributed by atoms with Crippen LogP contribution in [0.1, 0.15) is 11.1 Å². The molecule has 0 atom stereocenters. The summed E-state index contributed by atoms with van der Waals surface area (Å²) in [6, 6.07) is 1.03. The van der Waals surface area contributed by atoms with E-state index in [0.717, 1.165) is 0 Å². The Morgan fingerprint density at radius 1 is 1.21 bits per heavy atom. The highest BCUT2D eigenvalue weighted by Gasteiger charge is 2.32. The van der Waals surface area contributed by atoms with Gasteiger partial charge in [0.2, 0.25) is 0 Å². The van der Waals surface area contributed by atoms with Crippen molar-refractivity contribution in [3.05, 3.63) is 34.1 Å². The van der Waals surface area contributed by atoms with Gasteiger partial charge in [0.1, 0.15) is 5.82 Å². The van der Waals surface area contributed by atoms with Crippen LogP contribution in [0.15, 0.2) is 12.1 Å². The van der Waals surface area contributed by atoms with Crippen LogP contribution < -0.4 is 0 Å². The molecule has 1 rings (SSSR count). The monoisotopic (exact) mass is 246 g/mol. The molecule has 0 radical (unpaired) electrons. The van der Waals surface area contributed by atoms with Gasteiger partial charge in [0.25, 0.3) is 0 Å². The molecule has 0 saturated heterocycles. The van der Waals surface area contributed by atoms with E-state index in [1.165, 1.54) is 0 Å². The van der Waals surface area contributed by atoms with Gasteiger partial charge in [0, 0.05) is 10.6 Å². The summed E-state index contributed by atoms with van der Waals surface area (Å²) < 4.78 is 49.3. The van der Waals surface area contributed by atoms with Gasteiger partial charge < -0.3 is 0 Å². The van der Waals surface area contributed by atoms with Crippen LogP contribution in [0.25, 0.3) is 0 Å². The Labute approximate surface area is 87.4 Å². The van der Waals surface area contributed by atoms with Gasteiger partial charge in [0.15, 0.2) is 0 Å². The first-order valence-electron chi connectivity index (χ1n) is 3.47. The fraction of sp³-hybridized carbons (Fsp3) is 0.250. The Morgan fingerprint density at radius 3 is 2.14 bits per heavy atom. The van der Waals surface area contributed by atoms with Crippen LogP contribution in [-0.2, 0) is 12.1 Å². The molecule has 0 fully saturated rings. The van der Waals surface area contributed by atoms with Crippen LogP contribution in [0.2, 0.25) is 5.02 Å². The van der Waals surface area contributed by atoms with Gasteiger partial charge in [-0.25, -0.2) is 4.39 Å². The SMILES string of the molecule is Fc1cc(C(F)(F)F)cc(Cl)c1CCl. The second-order valence-corrected chi connectivity index (χ2v) is 3.22. The van der Waals surface area contributed by atoms with Crippen molar-refractivity contribution in [2.45, 2.75) is 12.1 Å². The average Bonchev–Trinajstić information content (AvgIpc) is 2.01. The van der Waals surface area contributed by atoms with E-state index >= 15 is 0 Å². The molecule has 0 nitrogen and oxygen atoms in total. The maximum Gasteiger partial charge on any atom is 0.416 e. The molecule has 0 unspecified atom stereocenters. The Balaban J connectivity index is 3.28. The van der Waals surface area contributed by atoms with E-state index in [4.69, 9.17) is 23.2 Å². The first kappa shape index (κ1) is 11.6. The zero-order valence-corrected chi connectivity index (χ0v) is 8.14. The van der Waals surface area contributed by atoms with Gasteiger partial charge in [-0.05, 0) is 12.1 Å². The van der Waals surface area contributed by atoms with Crippen LogP contribution in [0.4, 0.5) is 17.6 Å². The second-order valence-electron chi connectivity index (χ2n) is 2.55.